The molecule has 4 rings (SSSR count). The fraction of sp³-hybridized carbons (Fsp3) is 0.300. The first-order chi connectivity index (χ1) is 13.7. The van der Waals surface area contributed by atoms with Crippen molar-refractivity contribution < 1.29 is 4.39 Å². The highest BCUT2D eigenvalue weighted by Crippen LogP contribution is 2.24. The normalized spacial score (nSPS) is 13.9. The highest BCUT2D eigenvalue weighted by molar-refractivity contribution is 8.00. The maximum absolute atomic E-state index is 14.4. The Labute approximate surface area is 172 Å². The third-order valence-electron chi connectivity index (χ3n) is 4.77. The van der Waals surface area contributed by atoms with Crippen molar-refractivity contribution in [2.75, 3.05) is 23.1 Å². The number of benzene rings is 1. The Kier molecular flexibility index (Phi) is 6.09. The topological polar surface area (TPSA) is 53.1 Å². The number of pyridine rings is 1. The third kappa shape index (κ3) is 4.63. The van der Waals surface area contributed by atoms with Gasteiger partial charge in [-0.15, -0.1) is 11.3 Å². The minimum absolute atomic E-state index is 0.157. The van der Waals surface area contributed by atoms with Crippen molar-refractivity contribution in [2.24, 2.45) is 0 Å². The van der Waals surface area contributed by atoms with Gasteiger partial charge in [-0.25, -0.2) is 14.4 Å². The van der Waals surface area contributed by atoms with Gasteiger partial charge >= 0.3 is 0 Å². The van der Waals surface area contributed by atoms with Crippen molar-refractivity contribution in [1.29, 1.82) is 0 Å². The van der Waals surface area contributed by atoms with Crippen molar-refractivity contribution in [3.63, 3.8) is 0 Å². The summed E-state index contributed by atoms with van der Waals surface area (Å²) in [4.78, 5) is 11.1. The number of hydrogen-bond donors (Lipinski definition) is 2. The number of nitrogens with one attached hydrogen (secondary N) is 2. The van der Waals surface area contributed by atoms with Crippen molar-refractivity contribution in [2.45, 2.75) is 31.5 Å². The average molecular weight is 416 g/mol. The summed E-state index contributed by atoms with van der Waals surface area (Å²) in [6.45, 7) is 5.41. The molecule has 146 valence electrons. The Morgan fingerprint density at radius 2 is 2.14 bits per heavy atom. The van der Waals surface area contributed by atoms with E-state index in [-0.39, 0.29) is 5.82 Å². The summed E-state index contributed by atoms with van der Waals surface area (Å²) in [5.74, 6) is 0.668. The van der Waals surface area contributed by atoms with E-state index in [9.17, 15) is 4.39 Å². The molecule has 1 aliphatic rings. The highest BCUT2D eigenvalue weighted by Gasteiger charge is 2.17. The summed E-state index contributed by atoms with van der Waals surface area (Å²) in [6, 6.07) is 9.28. The lowest BCUT2D eigenvalue weighted by Gasteiger charge is -2.31. The first-order valence-corrected chi connectivity index (χ1v) is 11.0. The van der Waals surface area contributed by atoms with Gasteiger partial charge in [0, 0.05) is 36.0 Å². The predicted octanol–water partition coefficient (Wildman–Crippen LogP) is 4.92. The second kappa shape index (κ2) is 8.89. The molecule has 8 heteroatoms. The molecule has 1 saturated heterocycles. The maximum atomic E-state index is 14.4. The summed E-state index contributed by atoms with van der Waals surface area (Å²) in [5, 5.41) is 6.16. The highest BCUT2D eigenvalue weighted by atomic mass is 32.2. The van der Waals surface area contributed by atoms with Gasteiger partial charge in [0.25, 0.3) is 0 Å². The molecule has 0 unspecified atom stereocenters. The zero-order valence-electron chi connectivity index (χ0n) is 15.6. The van der Waals surface area contributed by atoms with Gasteiger partial charge in [-0.1, -0.05) is 12.1 Å². The van der Waals surface area contributed by atoms with Crippen LogP contribution in [0.5, 0.6) is 0 Å². The smallest absolute Gasteiger partial charge is 0.147 e. The Morgan fingerprint density at radius 1 is 1.25 bits per heavy atom. The molecule has 1 aliphatic heterocycles. The van der Waals surface area contributed by atoms with E-state index in [0.717, 1.165) is 53.0 Å². The maximum Gasteiger partial charge on any atom is 0.147 e. The molecule has 5 nitrogen and oxygen atoms in total. The number of anilines is 2. The lowest BCUT2D eigenvalue weighted by atomic mass is 10.0. The standard InChI is InChI=1S/C20H22FN5S2/c1-14-18(6-7-20(24-14)28-25-19-12-27-13-23-19)22-10-16-15(4-2-5-17(16)21)11-26-8-3-9-26/h2,4-7,12-13,22,25H,3,8-11H2,1H3. The fourth-order valence-electron chi connectivity index (χ4n) is 3.06. The second-order valence-corrected chi connectivity index (χ2v) is 8.27. The van der Waals surface area contributed by atoms with Crippen LogP contribution in [0.25, 0.3) is 0 Å². The minimum atomic E-state index is -0.157. The van der Waals surface area contributed by atoms with E-state index < -0.39 is 0 Å². The molecule has 3 heterocycles. The van der Waals surface area contributed by atoms with Gasteiger partial charge in [0.15, 0.2) is 0 Å². The van der Waals surface area contributed by atoms with Crippen LogP contribution >= 0.6 is 23.3 Å². The molecule has 0 radical (unpaired) electrons. The molecule has 2 N–H and O–H groups in total. The predicted molar refractivity (Wildman–Crippen MR) is 114 cm³/mol. The zero-order chi connectivity index (χ0) is 19.3. The van der Waals surface area contributed by atoms with E-state index in [1.807, 2.05) is 30.5 Å². The first-order valence-electron chi connectivity index (χ1n) is 9.20. The minimum Gasteiger partial charge on any atom is -0.379 e. The van der Waals surface area contributed by atoms with Gasteiger partial charge in [0.1, 0.15) is 16.7 Å². The molecule has 0 atom stereocenters. The summed E-state index contributed by atoms with van der Waals surface area (Å²) < 4.78 is 17.6. The monoisotopic (exact) mass is 415 g/mol. The molecular weight excluding hydrogens is 393 g/mol. The Bertz CT molecular complexity index is 928. The van der Waals surface area contributed by atoms with E-state index in [4.69, 9.17) is 0 Å². The molecule has 1 fully saturated rings. The van der Waals surface area contributed by atoms with Gasteiger partial charge in [-0.3, -0.25) is 4.90 Å². The quantitative estimate of drug-likeness (QED) is 0.509. The number of nitrogens with zero attached hydrogens (tertiary/aromatic N) is 3. The number of aryl methyl sites for hydroxylation is 1. The lowest BCUT2D eigenvalue weighted by molar-refractivity contribution is 0.172. The molecule has 0 spiro atoms. The van der Waals surface area contributed by atoms with Crippen LogP contribution in [0.2, 0.25) is 0 Å². The van der Waals surface area contributed by atoms with Crippen LogP contribution in [0.4, 0.5) is 15.9 Å². The molecule has 1 aromatic carbocycles. The molecule has 0 aliphatic carbocycles. The zero-order valence-corrected chi connectivity index (χ0v) is 17.2. The van der Waals surface area contributed by atoms with E-state index in [1.165, 1.54) is 24.4 Å². The van der Waals surface area contributed by atoms with Crippen LogP contribution in [-0.2, 0) is 13.1 Å². The molecular formula is C20H22FN5S2. The Hall–Kier alpha value is -2.16. The Balaban J connectivity index is 1.40. The van der Waals surface area contributed by atoms with Gasteiger partial charge in [0.05, 0.1) is 16.9 Å². The van der Waals surface area contributed by atoms with Crippen molar-refractivity contribution >= 4 is 34.8 Å². The second-order valence-electron chi connectivity index (χ2n) is 6.72. The summed E-state index contributed by atoms with van der Waals surface area (Å²) in [6.07, 6.45) is 1.23. The number of hydrogen-bond acceptors (Lipinski definition) is 7. The van der Waals surface area contributed by atoms with Crippen LogP contribution in [-0.4, -0.2) is 28.0 Å². The largest absolute Gasteiger partial charge is 0.379 e. The molecule has 0 amide bonds. The van der Waals surface area contributed by atoms with E-state index >= 15 is 0 Å². The summed E-state index contributed by atoms with van der Waals surface area (Å²) in [7, 11) is 0. The van der Waals surface area contributed by atoms with Crippen molar-refractivity contribution in [3.05, 3.63) is 63.9 Å². The Morgan fingerprint density at radius 3 is 2.86 bits per heavy atom. The summed E-state index contributed by atoms with van der Waals surface area (Å²) in [5.41, 5.74) is 5.37. The van der Waals surface area contributed by atoms with Crippen LogP contribution in [0, 0.1) is 12.7 Å². The van der Waals surface area contributed by atoms with Crippen molar-refractivity contribution in [1.82, 2.24) is 14.9 Å². The van der Waals surface area contributed by atoms with Gasteiger partial charge in [-0.05, 0) is 50.2 Å². The number of thiazole rings is 1. The summed E-state index contributed by atoms with van der Waals surface area (Å²) >= 11 is 2.97. The first kappa shape index (κ1) is 19.2. The third-order valence-corrected chi connectivity index (χ3v) is 6.10. The lowest BCUT2D eigenvalue weighted by Crippen LogP contribution is -2.36. The van der Waals surface area contributed by atoms with Gasteiger partial charge < -0.3 is 10.0 Å². The number of rotatable bonds is 8. The van der Waals surface area contributed by atoms with Crippen LogP contribution < -0.4 is 10.0 Å². The van der Waals surface area contributed by atoms with Crippen LogP contribution in [0.15, 0.2) is 46.2 Å². The molecule has 3 aromatic rings. The van der Waals surface area contributed by atoms with Gasteiger partial charge in [0.2, 0.25) is 0 Å². The number of aromatic nitrogens is 2. The molecule has 0 bridgehead atoms. The van der Waals surface area contributed by atoms with Crippen LogP contribution in [0.3, 0.4) is 0 Å². The van der Waals surface area contributed by atoms with Gasteiger partial charge in [-0.2, -0.15) is 0 Å². The molecule has 0 saturated carbocycles. The van der Waals surface area contributed by atoms with Crippen LogP contribution in [0.1, 0.15) is 23.2 Å². The number of halogens is 1. The van der Waals surface area contributed by atoms with E-state index in [2.05, 4.69) is 24.9 Å². The molecule has 2 aromatic heterocycles. The fourth-order valence-corrected chi connectivity index (χ4v) is 4.26. The molecule has 28 heavy (non-hydrogen) atoms. The van der Waals surface area contributed by atoms with E-state index in [1.54, 1.807) is 22.9 Å². The van der Waals surface area contributed by atoms with E-state index in [0.29, 0.717) is 6.54 Å². The number of likely N-dealkylation sites (tertiary alicyclic amines) is 1. The SMILES string of the molecule is Cc1nc(SNc2cscn2)ccc1NCc1c(F)cccc1CN1CCC1. The van der Waals surface area contributed by atoms with Crippen molar-refractivity contribution in [3.8, 4) is 0 Å². The average Bonchev–Trinajstić information content (AvgIpc) is 3.17.